The maximum atomic E-state index is 14.4. The molecule has 0 fully saturated rings. The monoisotopic (exact) mass is 358 g/mol. The Kier molecular flexibility index (Phi) is 5.12. The van der Waals surface area contributed by atoms with Gasteiger partial charge in [-0.05, 0) is 65.9 Å². The summed E-state index contributed by atoms with van der Waals surface area (Å²) in [4.78, 5) is 0. The Morgan fingerprint density at radius 1 is 0.615 bits per heavy atom. The van der Waals surface area contributed by atoms with Crippen LogP contribution in [0.3, 0.4) is 0 Å². The molecule has 0 heterocycles. The van der Waals surface area contributed by atoms with Crippen molar-refractivity contribution < 1.29 is 17.6 Å². The second-order valence-electron chi connectivity index (χ2n) is 6.57. The molecule has 0 aromatic heterocycles. The van der Waals surface area contributed by atoms with Gasteiger partial charge in [-0.2, -0.15) is 0 Å². The van der Waals surface area contributed by atoms with Crippen LogP contribution in [0.25, 0.3) is 0 Å². The minimum atomic E-state index is -0.714. The molecular weight excluding hydrogens is 340 g/mol. The molecule has 0 aliphatic carbocycles. The van der Waals surface area contributed by atoms with E-state index in [0.717, 1.165) is 5.56 Å². The van der Waals surface area contributed by atoms with Crippen LogP contribution in [0.2, 0.25) is 0 Å². The normalized spacial score (nSPS) is 11.0. The molecule has 0 radical (unpaired) electrons. The standard InChI is InChI=1S/C22H18F4/c1-13-3-6-17(20(24)7-13)8-16-11-21(25)18(22(26)12-16)9-15-5-4-14(2)19(23)10-15/h3-7,10-12H,8-9H2,1-2H3. The number of hydrogen-bond acceptors (Lipinski definition) is 0. The summed E-state index contributed by atoms with van der Waals surface area (Å²) in [6.07, 6.45) is 0.0490. The summed E-state index contributed by atoms with van der Waals surface area (Å²) in [5, 5.41) is 0. The van der Waals surface area contributed by atoms with Gasteiger partial charge in [0.05, 0.1) is 0 Å². The summed E-state index contributed by atoms with van der Waals surface area (Å²) in [6, 6.07) is 11.7. The van der Waals surface area contributed by atoms with Crippen LogP contribution in [-0.4, -0.2) is 0 Å². The first-order valence-electron chi connectivity index (χ1n) is 8.30. The van der Waals surface area contributed by atoms with E-state index in [1.807, 2.05) is 0 Å². The van der Waals surface area contributed by atoms with E-state index < -0.39 is 23.3 Å². The van der Waals surface area contributed by atoms with Crippen LogP contribution in [0.5, 0.6) is 0 Å². The van der Waals surface area contributed by atoms with E-state index in [4.69, 9.17) is 0 Å². The first kappa shape index (κ1) is 18.2. The Bertz CT molecular complexity index is 937. The maximum absolute atomic E-state index is 14.4. The van der Waals surface area contributed by atoms with Crippen molar-refractivity contribution in [1.82, 2.24) is 0 Å². The lowest BCUT2D eigenvalue weighted by Crippen LogP contribution is -2.02. The smallest absolute Gasteiger partial charge is 0.129 e. The molecule has 26 heavy (non-hydrogen) atoms. The van der Waals surface area contributed by atoms with Crippen molar-refractivity contribution in [3.8, 4) is 0 Å². The molecular formula is C22H18F4. The fourth-order valence-corrected chi connectivity index (χ4v) is 2.89. The van der Waals surface area contributed by atoms with Gasteiger partial charge in [-0.3, -0.25) is 0 Å². The third-order valence-corrected chi connectivity index (χ3v) is 4.42. The summed E-state index contributed by atoms with van der Waals surface area (Å²) in [5.74, 6) is -2.23. The number of hydrogen-bond donors (Lipinski definition) is 0. The zero-order valence-corrected chi connectivity index (χ0v) is 14.5. The molecule has 0 unspecified atom stereocenters. The van der Waals surface area contributed by atoms with Crippen LogP contribution in [0.4, 0.5) is 17.6 Å². The van der Waals surface area contributed by atoms with E-state index in [-0.39, 0.29) is 18.4 Å². The van der Waals surface area contributed by atoms with Crippen molar-refractivity contribution in [3.63, 3.8) is 0 Å². The lowest BCUT2D eigenvalue weighted by atomic mass is 9.98. The third-order valence-electron chi connectivity index (χ3n) is 4.42. The van der Waals surface area contributed by atoms with E-state index in [2.05, 4.69) is 0 Å². The minimum Gasteiger partial charge on any atom is -0.207 e. The van der Waals surface area contributed by atoms with Crippen molar-refractivity contribution in [2.24, 2.45) is 0 Å². The molecule has 134 valence electrons. The average Bonchev–Trinajstić information content (AvgIpc) is 2.57. The highest BCUT2D eigenvalue weighted by atomic mass is 19.1. The zero-order chi connectivity index (χ0) is 18.8. The highest BCUT2D eigenvalue weighted by Crippen LogP contribution is 2.23. The van der Waals surface area contributed by atoms with Crippen LogP contribution in [0.15, 0.2) is 48.5 Å². The molecule has 3 rings (SSSR count). The predicted octanol–water partition coefficient (Wildman–Crippen LogP) is 6.04. The van der Waals surface area contributed by atoms with Gasteiger partial charge in [0.15, 0.2) is 0 Å². The molecule has 0 aliphatic rings. The summed E-state index contributed by atoms with van der Waals surface area (Å²) in [7, 11) is 0. The molecule has 0 bridgehead atoms. The van der Waals surface area contributed by atoms with Crippen LogP contribution in [0.1, 0.15) is 33.4 Å². The van der Waals surface area contributed by atoms with E-state index in [9.17, 15) is 17.6 Å². The topological polar surface area (TPSA) is 0 Å². The van der Waals surface area contributed by atoms with Crippen molar-refractivity contribution >= 4 is 0 Å². The largest absolute Gasteiger partial charge is 0.207 e. The fourth-order valence-electron chi connectivity index (χ4n) is 2.89. The van der Waals surface area contributed by atoms with E-state index in [1.54, 1.807) is 38.1 Å². The Hall–Kier alpha value is -2.62. The molecule has 0 saturated carbocycles. The highest BCUT2D eigenvalue weighted by molar-refractivity contribution is 5.36. The van der Waals surface area contributed by atoms with Gasteiger partial charge in [0, 0.05) is 18.4 Å². The highest BCUT2D eigenvalue weighted by Gasteiger charge is 2.14. The Morgan fingerprint density at radius 3 is 1.88 bits per heavy atom. The van der Waals surface area contributed by atoms with Crippen LogP contribution in [0, 0.1) is 37.1 Å². The second-order valence-corrected chi connectivity index (χ2v) is 6.57. The lowest BCUT2D eigenvalue weighted by Gasteiger charge is -2.10. The van der Waals surface area contributed by atoms with Gasteiger partial charge in [-0.1, -0.05) is 24.3 Å². The molecule has 3 aromatic carbocycles. The molecule has 0 N–H and O–H groups in total. The van der Waals surface area contributed by atoms with Crippen LogP contribution in [-0.2, 0) is 12.8 Å². The molecule has 0 atom stereocenters. The van der Waals surface area contributed by atoms with Crippen LogP contribution >= 0.6 is 0 Å². The molecule has 0 nitrogen and oxygen atoms in total. The maximum Gasteiger partial charge on any atom is 0.129 e. The van der Waals surface area contributed by atoms with Gasteiger partial charge in [0.25, 0.3) is 0 Å². The van der Waals surface area contributed by atoms with Gasteiger partial charge in [-0.25, -0.2) is 17.6 Å². The van der Waals surface area contributed by atoms with Crippen LogP contribution < -0.4 is 0 Å². The number of rotatable bonds is 4. The van der Waals surface area contributed by atoms with E-state index in [1.165, 1.54) is 24.3 Å². The summed E-state index contributed by atoms with van der Waals surface area (Å²) >= 11 is 0. The Balaban J connectivity index is 1.87. The van der Waals surface area contributed by atoms with Crippen molar-refractivity contribution in [2.75, 3.05) is 0 Å². The SMILES string of the molecule is Cc1ccc(Cc2cc(F)c(Cc3ccc(C)c(F)c3)c(F)c2)c(F)c1. The van der Waals surface area contributed by atoms with Crippen molar-refractivity contribution in [1.29, 1.82) is 0 Å². The fraction of sp³-hybridized carbons (Fsp3) is 0.182. The Labute approximate surface area is 150 Å². The lowest BCUT2D eigenvalue weighted by molar-refractivity contribution is 0.557. The molecule has 0 spiro atoms. The summed E-state index contributed by atoms with van der Waals surface area (Å²) in [6.45, 7) is 3.40. The number of aryl methyl sites for hydroxylation is 2. The zero-order valence-electron chi connectivity index (χ0n) is 14.5. The molecule has 4 heteroatoms. The summed E-state index contributed by atoms with van der Waals surface area (Å²) < 4.78 is 56.4. The first-order valence-corrected chi connectivity index (χ1v) is 8.30. The Morgan fingerprint density at radius 2 is 1.27 bits per heavy atom. The number of benzene rings is 3. The van der Waals surface area contributed by atoms with Gasteiger partial charge < -0.3 is 0 Å². The first-order chi connectivity index (χ1) is 12.3. The molecule has 0 aliphatic heterocycles. The average molecular weight is 358 g/mol. The minimum absolute atomic E-state index is 0.0476. The van der Waals surface area contributed by atoms with Crippen molar-refractivity contribution in [2.45, 2.75) is 26.7 Å². The van der Waals surface area contributed by atoms with Gasteiger partial charge >= 0.3 is 0 Å². The molecule has 0 amide bonds. The van der Waals surface area contributed by atoms with Crippen molar-refractivity contribution in [3.05, 3.63) is 105 Å². The predicted molar refractivity (Wildman–Crippen MR) is 94.2 cm³/mol. The quantitative estimate of drug-likeness (QED) is 0.499. The summed E-state index contributed by atoms with van der Waals surface area (Å²) in [5.41, 5.74) is 2.35. The third kappa shape index (κ3) is 3.96. The van der Waals surface area contributed by atoms with E-state index >= 15 is 0 Å². The van der Waals surface area contributed by atoms with Gasteiger partial charge in [0.2, 0.25) is 0 Å². The molecule has 0 saturated heterocycles. The van der Waals surface area contributed by atoms with E-state index in [0.29, 0.717) is 22.3 Å². The van der Waals surface area contributed by atoms with Gasteiger partial charge in [-0.15, -0.1) is 0 Å². The van der Waals surface area contributed by atoms with Gasteiger partial charge in [0.1, 0.15) is 23.3 Å². The molecule has 3 aromatic rings. The number of halogens is 4. The second kappa shape index (κ2) is 7.32.